The van der Waals surface area contributed by atoms with Gasteiger partial charge in [0.1, 0.15) is 0 Å². The molecule has 0 saturated heterocycles. The number of rotatable bonds is 8. The zero-order chi connectivity index (χ0) is 15.5. The molecule has 21 heavy (non-hydrogen) atoms. The first-order chi connectivity index (χ1) is 10.2. The standard InChI is InChI=1S/C16H21NO4/c1-3-20-15(18)10-14(11-16(19)21-4-2)17-12-13-8-6-5-7-9-13/h5-9H,3-4,10-12H2,1-2H3. The maximum absolute atomic E-state index is 11.5. The number of ether oxygens (including phenoxy) is 2. The zero-order valence-electron chi connectivity index (χ0n) is 12.5. The van der Waals surface area contributed by atoms with Crippen molar-refractivity contribution in [3.8, 4) is 0 Å². The van der Waals surface area contributed by atoms with Gasteiger partial charge in [0.2, 0.25) is 0 Å². The number of carbonyl (C=O) groups is 2. The SMILES string of the molecule is CCOC(=O)CC(CC(=O)OCC)=NCc1ccccc1. The summed E-state index contributed by atoms with van der Waals surface area (Å²) < 4.78 is 9.79. The molecule has 0 heterocycles. The average molecular weight is 291 g/mol. The van der Waals surface area contributed by atoms with E-state index in [2.05, 4.69) is 4.99 Å². The van der Waals surface area contributed by atoms with Crippen LogP contribution in [0.1, 0.15) is 32.3 Å². The van der Waals surface area contributed by atoms with E-state index in [1.165, 1.54) is 0 Å². The first kappa shape index (κ1) is 16.9. The van der Waals surface area contributed by atoms with Gasteiger partial charge in [0.05, 0.1) is 32.6 Å². The molecule has 0 aliphatic rings. The van der Waals surface area contributed by atoms with Crippen LogP contribution in [0, 0.1) is 0 Å². The van der Waals surface area contributed by atoms with E-state index in [9.17, 15) is 9.59 Å². The molecular weight excluding hydrogens is 270 g/mol. The second-order valence-corrected chi connectivity index (χ2v) is 4.33. The lowest BCUT2D eigenvalue weighted by atomic mass is 10.2. The quantitative estimate of drug-likeness (QED) is 0.545. The molecule has 0 aromatic heterocycles. The van der Waals surface area contributed by atoms with Crippen molar-refractivity contribution in [2.45, 2.75) is 33.2 Å². The van der Waals surface area contributed by atoms with E-state index in [0.29, 0.717) is 25.5 Å². The Kier molecular flexibility index (Phi) is 7.79. The lowest BCUT2D eigenvalue weighted by Gasteiger charge is -2.07. The van der Waals surface area contributed by atoms with Crippen LogP contribution in [0.2, 0.25) is 0 Å². The Labute approximate surface area is 125 Å². The van der Waals surface area contributed by atoms with Crippen LogP contribution in [-0.2, 0) is 25.6 Å². The zero-order valence-corrected chi connectivity index (χ0v) is 12.5. The molecule has 0 fully saturated rings. The molecule has 0 radical (unpaired) electrons. The summed E-state index contributed by atoms with van der Waals surface area (Å²) in [4.78, 5) is 27.5. The average Bonchev–Trinajstić information content (AvgIpc) is 2.46. The normalized spacial score (nSPS) is 9.81. The monoisotopic (exact) mass is 291 g/mol. The fourth-order valence-corrected chi connectivity index (χ4v) is 1.72. The number of hydrogen-bond donors (Lipinski definition) is 0. The van der Waals surface area contributed by atoms with E-state index in [0.717, 1.165) is 5.56 Å². The molecule has 0 aliphatic carbocycles. The van der Waals surface area contributed by atoms with E-state index in [1.807, 2.05) is 30.3 Å². The van der Waals surface area contributed by atoms with Gasteiger partial charge in [-0.2, -0.15) is 0 Å². The Hall–Kier alpha value is -2.17. The van der Waals surface area contributed by atoms with Crippen molar-refractivity contribution in [2.24, 2.45) is 4.99 Å². The van der Waals surface area contributed by atoms with Gasteiger partial charge >= 0.3 is 11.9 Å². The Morgan fingerprint density at radius 1 is 0.952 bits per heavy atom. The van der Waals surface area contributed by atoms with Gasteiger partial charge in [0.15, 0.2) is 0 Å². The lowest BCUT2D eigenvalue weighted by molar-refractivity contribution is -0.141. The van der Waals surface area contributed by atoms with Gasteiger partial charge in [-0.3, -0.25) is 14.6 Å². The number of hydrogen-bond acceptors (Lipinski definition) is 5. The summed E-state index contributed by atoms with van der Waals surface area (Å²) in [6.07, 6.45) is 0.0268. The van der Waals surface area contributed by atoms with Crippen molar-refractivity contribution in [1.29, 1.82) is 0 Å². The van der Waals surface area contributed by atoms with Crippen LogP contribution in [0.15, 0.2) is 35.3 Å². The summed E-state index contributed by atoms with van der Waals surface area (Å²) in [5.41, 5.74) is 1.50. The van der Waals surface area contributed by atoms with Crippen molar-refractivity contribution in [1.82, 2.24) is 0 Å². The molecule has 114 valence electrons. The molecule has 1 rings (SSSR count). The molecule has 0 unspecified atom stereocenters. The van der Waals surface area contributed by atoms with Crippen molar-refractivity contribution in [3.63, 3.8) is 0 Å². The summed E-state index contributed by atoms with van der Waals surface area (Å²) >= 11 is 0. The summed E-state index contributed by atoms with van der Waals surface area (Å²) in [6, 6.07) is 9.64. The molecule has 1 aromatic rings. The molecular formula is C16H21NO4. The van der Waals surface area contributed by atoms with E-state index < -0.39 is 0 Å². The van der Waals surface area contributed by atoms with E-state index >= 15 is 0 Å². The van der Waals surface area contributed by atoms with Crippen molar-refractivity contribution in [2.75, 3.05) is 13.2 Å². The predicted octanol–water partition coefficient (Wildman–Crippen LogP) is 2.53. The van der Waals surface area contributed by atoms with Crippen molar-refractivity contribution < 1.29 is 19.1 Å². The third kappa shape index (κ3) is 7.25. The first-order valence-electron chi connectivity index (χ1n) is 7.03. The molecule has 0 spiro atoms. The number of carbonyl (C=O) groups excluding carboxylic acids is 2. The van der Waals surface area contributed by atoms with Gasteiger partial charge < -0.3 is 9.47 Å². The Bertz CT molecular complexity index is 460. The van der Waals surface area contributed by atoms with Crippen LogP contribution in [0.25, 0.3) is 0 Å². The highest BCUT2D eigenvalue weighted by molar-refractivity contribution is 6.06. The van der Waals surface area contributed by atoms with Crippen LogP contribution in [-0.4, -0.2) is 30.9 Å². The maximum Gasteiger partial charge on any atom is 0.311 e. The number of esters is 2. The molecule has 0 saturated carbocycles. The highest BCUT2D eigenvalue weighted by Gasteiger charge is 2.13. The molecule has 1 aromatic carbocycles. The number of nitrogens with zero attached hydrogens (tertiary/aromatic N) is 1. The first-order valence-corrected chi connectivity index (χ1v) is 7.03. The minimum atomic E-state index is -0.381. The topological polar surface area (TPSA) is 65.0 Å². The van der Waals surface area contributed by atoms with Crippen molar-refractivity contribution >= 4 is 17.7 Å². The van der Waals surface area contributed by atoms with Gasteiger partial charge in [-0.25, -0.2) is 0 Å². The van der Waals surface area contributed by atoms with Crippen molar-refractivity contribution in [3.05, 3.63) is 35.9 Å². The smallest absolute Gasteiger partial charge is 0.311 e. The largest absolute Gasteiger partial charge is 0.466 e. The van der Waals surface area contributed by atoms with E-state index in [-0.39, 0.29) is 24.8 Å². The molecule has 0 atom stereocenters. The predicted molar refractivity (Wildman–Crippen MR) is 80.1 cm³/mol. The third-order valence-electron chi connectivity index (χ3n) is 2.64. The minimum Gasteiger partial charge on any atom is -0.466 e. The lowest BCUT2D eigenvalue weighted by Crippen LogP contribution is -2.17. The highest BCUT2D eigenvalue weighted by atomic mass is 16.5. The van der Waals surface area contributed by atoms with Crippen LogP contribution in [0.5, 0.6) is 0 Å². The summed E-state index contributed by atoms with van der Waals surface area (Å²) in [5.74, 6) is -0.762. The Morgan fingerprint density at radius 3 is 1.95 bits per heavy atom. The molecule has 0 aliphatic heterocycles. The van der Waals surface area contributed by atoms with Crippen LogP contribution >= 0.6 is 0 Å². The molecule has 5 heteroatoms. The van der Waals surface area contributed by atoms with E-state index in [4.69, 9.17) is 9.47 Å². The fraction of sp³-hybridized carbons (Fsp3) is 0.438. The second kappa shape index (κ2) is 9.69. The number of benzene rings is 1. The van der Waals surface area contributed by atoms with Crippen LogP contribution in [0.4, 0.5) is 0 Å². The summed E-state index contributed by atoms with van der Waals surface area (Å²) in [5, 5.41) is 0. The minimum absolute atomic E-state index is 0.0134. The molecule has 0 N–H and O–H groups in total. The maximum atomic E-state index is 11.5. The van der Waals surface area contributed by atoms with Gasteiger partial charge in [-0.15, -0.1) is 0 Å². The van der Waals surface area contributed by atoms with Crippen LogP contribution < -0.4 is 0 Å². The fourth-order valence-electron chi connectivity index (χ4n) is 1.72. The second-order valence-electron chi connectivity index (χ2n) is 4.33. The van der Waals surface area contributed by atoms with Gasteiger partial charge in [0, 0.05) is 5.71 Å². The van der Waals surface area contributed by atoms with Gasteiger partial charge in [-0.05, 0) is 19.4 Å². The highest BCUT2D eigenvalue weighted by Crippen LogP contribution is 2.05. The summed E-state index contributed by atoms with van der Waals surface area (Å²) in [6.45, 7) is 4.53. The Morgan fingerprint density at radius 2 is 1.48 bits per heavy atom. The number of aliphatic imine (C=N–C) groups is 1. The third-order valence-corrected chi connectivity index (χ3v) is 2.64. The molecule has 0 amide bonds. The van der Waals surface area contributed by atoms with Gasteiger partial charge in [0.25, 0.3) is 0 Å². The van der Waals surface area contributed by atoms with Crippen LogP contribution in [0.3, 0.4) is 0 Å². The molecule has 0 bridgehead atoms. The molecule has 5 nitrogen and oxygen atoms in total. The van der Waals surface area contributed by atoms with E-state index in [1.54, 1.807) is 13.8 Å². The summed E-state index contributed by atoms with van der Waals surface area (Å²) in [7, 11) is 0. The Balaban J connectivity index is 2.69. The van der Waals surface area contributed by atoms with Gasteiger partial charge in [-0.1, -0.05) is 30.3 Å².